The first-order valence-corrected chi connectivity index (χ1v) is 8.72. The van der Waals surface area contributed by atoms with E-state index in [1.807, 2.05) is 73.7 Å². The molecular formula is C22H18N4O. The van der Waals surface area contributed by atoms with Crippen LogP contribution in [0.25, 0.3) is 11.2 Å². The second-order valence-electron chi connectivity index (χ2n) is 6.29. The van der Waals surface area contributed by atoms with Crippen molar-refractivity contribution in [3.8, 4) is 0 Å². The fourth-order valence-electron chi connectivity index (χ4n) is 2.88. The van der Waals surface area contributed by atoms with Crippen LogP contribution in [-0.2, 0) is 6.42 Å². The van der Waals surface area contributed by atoms with E-state index in [4.69, 9.17) is 0 Å². The third kappa shape index (κ3) is 3.82. The van der Waals surface area contributed by atoms with Crippen molar-refractivity contribution in [1.29, 1.82) is 0 Å². The minimum Gasteiger partial charge on any atom is -0.339 e. The van der Waals surface area contributed by atoms with E-state index in [0.29, 0.717) is 29.0 Å². The minimum absolute atomic E-state index is 0.0650. The van der Waals surface area contributed by atoms with Gasteiger partial charge in [-0.25, -0.2) is 15.0 Å². The molecule has 0 atom stereocenters. The van der Waals surface area contributed by atoms with Gasteiger partial charge in [-0.2, -0.15) is 0 Å². The Labute approximate surface area is 157 Å². The number of anilines is 2. The number of hydrogen-bond acceptors (Lipinski definition) is 5. The number of carbonyl (C=O) groups excluding carboxylic acids is 1. The van der Waals surface area contributed by atoms with Crippen molar-refractivity contribution in [2.24, 2.45) is 0 Å². The maximum absolute atomic E-state index is 12.5. The van der Waals surface area contributed by atoms with E-state index in [2.05, 4.69) is 20.3 Å². The van der Waals surface area contributed by atoms with Gasteiger partial charge in [0.05, 0.1) is 6.20 Å². The summed E-state index contributed by atoms with van der Waals surface area (Å²) >= 11 is 0. The molecule has 0 aliphatic rings. The SMILES string of the molecule is Cc1nc2nc(Nc3ccccc3)cnc2cc1CC(=O)c1ccccc1. The van der Waals surface area contributed by atoms with Gasteiger partial charge in [0.25, 0.3) is 0 Å². The maximum Gasteiger partial charge on any atom is 0.180 e. The topological polar surface area (TPSA) is 67.8 Å². The first-order chi connectivity index (χ1) is 13.2. The van der Waals surface area contributed by atoms with E-state index in [1.165, 1.54) is 0 Å². The molecule has 0 bridgehead atoms. The number of nitrogens with zero attached hydrogens (tertiary/aromatic N) is 3. The zero-order chi connectivity index (χ0) is 18.6. The van der Waals surface area contributed by atoms with E-state index >= 15 is 0 Å². The van der Waals surface area contributed by atoms with Crippen LogP contribution in [0.5, 0.6) is 0 Å². The van der Waals surface area contributed by atoms with E-state index in [1.54, 1.807) is 6.20 Å². The van der Waals surface area contributed by atoms with E-state index in [-0.39, 0.29) is 5.78 Å². The summed E-state index contributed by atoms with van der Waals surface area (Å²) in [6.45, 7) is 1.89. The summed E-state index contributed by atoms with van der Waals surface area (Å²) in [6, 6.07) is 21.0. The zero-order valence-corrected chi connectivity index (χ0v) is 14.9. The number of fused-ring (bicyclic) bond motifs is 1. The highest BCUT2D eigenvalue weighted by Gasteiger charge is 2.12. The monoisotopic (exact) mass is 354 g/mol. The quantitative estimate of drug-likeness (QED) is 0.534. The van der Waals surface area contributed by atoms with Crippen molar-refractivity contribution in [3.05, 3.63) is 89.7 Å². The Bertz CT molecular complexity index is 1100. The molecule has 0 saturated carbocycles. The number of para-hydroxylation sites is 1. The average Bonchev–Trinajstić information content (AvgIpc) is 2.70. The Morgan fingerprint density at radius 2 is 1.67 bits per heavy atom. The molecule has 132 valence electrons. The molecule has 4 rings (SSSR count). The Hall–Kier alpha value is -3.60. The highest BCUT2D eigenvalue weighted by atomic mass is 16.1. The number of ketones is 1. The maximum atomic E-state index is 12.5. The first-order valence-electron chi connectivity index (χ1n) is 8.72. The molecule has 0 unspecified atom stereocenters. The van der Waals surface area contributed by atoms with Crippen LogP contribution in [0.1, 0.15) is 21.6 Å². The summed E-state index contributed by atoms with van der Waals surface area (Å²) in [5.74, 6) is 0.698. The van der Waals surface area contributed by atoms with Crippen molar-refractivity contribution in [2.75, 3.05) is 5.32 Å². The fourth-order valence-corrected chi connectivity index (χ4v) is 2.88. The van der Waals surface area contributed by atoms with Crippen molar-refractivity contribution in [3.63, 3.8) is 0 Å². The summed E-state index contributed by atoms with van der Waals surface area (Å²) in [4.78, 5) is 26.0. The average molecular weight is 354 g/mol. The lowest BCUT2D eigenvalue weighted by molar-refractivity contribution is 0.0992. The number of pyridine rings is 1. The predicted octanol–water partition coefficient (Wildman–Crippen LogP) is 4.50. The summed E-state index contributed by atoms with van der Waals surface area (Å²) in [6.07, 6.45) is 1.97. The molecule has 2 aromatic carbocycles. The highest BCUT2D eigenvalue weighted by molar-refractivity contribution is 5.97. The number of hydrogen-bond donors (Lipinski definition) is 1. The third-order valence-electron chi connectivity index (χ3n) is 4.32. The standard InChI is InChI=1S/C22H18N4O/c1-15-17(13-20(27)16-8-4-2-5-9-16)12-19-22(24-15)26-21(14-23-19)25-18-10-6-3-7-11-18/h2-12,14H,13H2,1H3,(H,24,25,26). The van der Waals surface area contributed by atoms with Crippen molar-refractivity contribution in [2.45, 2.75) is 13.3 Å². The molecule has 0 spiro atoms. The highest BCUT2D eigenvalue weighted by Crippen LogP contribution is 2.19. The predicted molar refractivity (Wildman–Crippen MR) is 106 cm³/mol. The van der Waals surface area contributed by atoms with Crippen LogP contribution in [0.3, 0.4) is 0 Å². The van der Waals surface area contributed by atoms with Gasteiger partial charge in [0.15, 0.2) is 17.2 Å². The molecule has 0 amide bonds. The van der Waals surface area contributed by atoms with Crippen LogP contribution >= 0.6 is 0 Å². The van der Waals surface area contributed by atoms with Crippen LogP contribution in [0.2, 0.25) is 0 Å². The van der Waals surface area contributed by atoms with Crippen LogP contribution in [0, 0.1) is 6.92 Å². The molecule has 1 N–H and O–H groups in total. The first kappa shape index (κ1) is 16.8. The van der Waals surface area contributed by atoms with Gasteiger partial charge < -0.3 is 5.32 Å². The van der Waals surface area contributed by atoms with Gasteiger partial charge in [-0.15, -0.1) is 0 Å². The number of aryl methyl sites for hydroxylation is 1. The van der Waals surface area contributed by atoms with Crippen LogP contribution < -0.4 is 5.32 Å². The van der Waals surface area contributed by atoms with Gasteiger partial charge in [0.2, 0.25) is 0 Å². The zero-order valence-electron chi connectivity index (χ0n) is 14.9. The third-order valence-corrected chi connectivity index (χ3v) is 4.32. The minimum atomic E-state index is 0.0650. The van der Waals surface area contributed by atoms with Crippen LogP contribution in [0.15, 0.2) is 72.9 Å². The Morgan fingerprint density at radius 1 is 0.963 bits per heavy atom. The number of carbonyl (C=O) groups is 1. The molecule has 2 heterocycles. The molecule has 5 heteroatoms. The molecule has 4 aromatic rings. The molecule has 0 aliphatic carbocycles. The fraction of sp³-hybridized carbons (Fsp3) is 0.0909. The molecule has 0 fully saturated rings. The number of rotatable bonds is 5. The van der Waals surface area contributed by atoms with E-state index in [0.717, 1.165) is 16.9 Å². The normalized spacial score (nSPS) is 10.7. The lowest BCUT2D eigenvalue weighted by Gasteiger charge is -2.09. The Kier molecular flexibility index (Phi) is 4.58. The molecule has 0 aliphatic heterocycles. The van der Waals surface area contributed by atoms with Crippen molar-refractivity contribution in [1.82, 2.24) is 15.0 Å². The van der Waals surface area contributed by atoms with Gasteiger partial charge in [-0.05, 0) is 30.7 Å². The molecular weight excluding hydrogens is 336 g/mol. The molecule has 0 saturated heterocycles. The smallest absolute Gasteiger partial charge is 0.180 e. The van der Waals surface area contributed by atoms with Crippen molar-refractivity contribution < 1.29 is 4.79 Å². The van der Waals surface area contributed by atoms with Gasteiger partial charge >= 0.3 is 0 Å². The Morgan fingerprint density at radius 3 is 2.41 bits per heavy atom. The van der Waals surface area contributed by atoms with Crippen LogP contribution in [-0.4, -0.2) is 20.7 Å². The lowest BCUT2D eigenvalue weighted by Crippen LogP contribution is -2.06. The number of aromatic nitrogens is 3. The van der Waals surface area contributed by atoms with Gasteiger partial charge in [-0.3, -0.25) is 4.79 Å². The molecule has 2 aromatic heterocycles. The number of Topliss-reactive ketones (excluding diaryl/α,β-unsaturated/α-hetero) is 1. The molecule has 27 heavy (non-hydrogen) atoms. The lowest BCUT2D eigenvalue weighted by atomic mass is 10.0. The number of nitrogens with one attached hydrogen (secondary N) is 1. The summed E-state index contributed by atoms with van der Waals surface area (Å²) in [5, 5.41) is 3.22. The Balaban J connectivity index is 1.60. The second-order valence-corrected chi connectivity index (χ2v) is 6.29. The largest absolute Gasteiger partial charge is 0.339 e. The molecule has 5 nitrogen and oxygen atoms in total. The van der Waals surface area contributed by atoms with Crippen molar-refractivity contribution >= 4 is 28.5 Å². The molecule has 0 radical (unpaired) electrons. The summed E-state index contributed by atoms with van der Waals surface area (Å²) in [5.41, 5.74) is 4.53. The van der Waals surface area contributed by atoms with Gasteiger partial charge in [0, 0.05) is 23.4 Å². The summed E-state index contributed by atoms with van der Waals surface area (Å²) < 4.78 is 0. The summed E-state index contributed by atoms with van der Waals surface area (Å²) in [7, 11) is 0. The van der Waals surface area contributed by atoms with Gasteiger partial charge in [0.1, 0.15) is 5.52 Å². The van der Waals surface area contributed by atoms with E-state index in [9.17, 15) is 4.79 Å². The number of benzene rings is 2. The van der Waals surface area contributed by atoms with Crippen LogP contribution in [0.4, 0.5) is 11.5 Å². The second kappa shape index (κ2) is 7.33. The van der Waals surface area contributed by atoms with E-state index < -0.39 is 0 Å². The van der Waals surface area contributed by atoms with Gasteiger partial charge in [-0.1, -0.05) is 48.5 Å².